The quantitative estimate of drug-likeness (QED) is 0.316. The molecule has 0 amide bonds. The molecule has 0 spiro atoms. The highest BCUT2D eigenvalue weighted by Crippen LogP contribution is 2.56. The lowest BCUT2D eigenvalue weighted by Gasteiger charge is -2.20. The zero-order valence-electron chi connectivity index (χ0n) is 9.90. The molecule has 0 fully saturated rings. The molecule has 15 heavy (non-hydrogen) atoms. The van der Waals surface area contributed by atoms with Crippen LogP contribution in [0.15, 0.2) is 4.99 Å². The number of nitrogens with zero attached hydrogens (tertiary/aromatic N) is 1. The van der Waals surface area contributed by atoms with Crippen LogP contribution in [0.1, 0.15) is 33.6 Å². The Bertz CT molecular complexity index is 234. The molecule has 0 saturated carbocycles. The first kappa shape index (κ1) is 15.4. The van der Waals surface area contributed by atoms with Gasteiger partial charge in [0.05, 0.1) is 6.34 Å². The first-order valence-electron chi connectivity index (χ1n) is 5.14. The molecule has 0 radical (unpaired) electrons. The van der Waals surface area contributed by atoms with Crippen molar-refractivity contribution in [2.24, 2.45) is 4.99 Å². The molecule has 0 aromatic carbocycles. The van der Waals surface area contributed by atoms with Crippen LogP contribution in [0.4, 0.5) is 0 Å². The van der Waals surface area contributed by atoms with Crippen molar-refractivity contribution < 1.29 is 4.52 Å². The largest absolute Gasteiger partial charge is 0.330 e. The molecule has 1 N–H and O–H groups in total. The Morgan fingerprint density at radius 1 is 1.60 bits per heavy atom. The van der Waals surface area contributed by atoms with Crippen LogP contribution in [0.3, 0.4) is 0 Å². The third-order valence-electron chi connectivity index (χ3n) is 1.54. The predicted octanol–water partition coefficient (Wildman–Crippen LogP) is 3.42. The summed E-state index contributed by atoms with van der Waals surface area (Å²) in [4.78, 5) is 4.23. The van der Waals surface area contributed by atoms with Crippen LogP contribution in [0, 0.1) is 0 Å². The zero-order valence-corrected chi connectivity index (χ0v) is 12.4. The average Bonchev–Trinajstić information content (AvgIpc) is 2.16. The van der Waals surface area contributed by atoms with Gasteiger partial charge in [0.1, 0.15) is 0 Å². The standard InChI is InChI=1S/C9H21N2OPS2/c1-5-6-7-10-8-11-13(14,12-4)15-9(2)3/h8-9H,5-7H2,1-4H3,(H,10,11,14). The summed E-state index contributed by atoms with van der Waals surface area (Å²) in [7, 11) is 1.66. The maximum atomic E-state index is 5.41. The van der Waals surface area contributed by atoms with Crippen LogP contribution in [-0.4, -0.2) is 25.2 Å². The van der Waals surface area contributed by atoms with Crippen molar-refractivity contribution in [2.75, 3.05) is 13.7 Å². The van der Waals surface area contributed by atoms with Gasteiger partial charge in [-0.05, 0) is 18.2 Å². The molecule has 0 bridgehead atoms. The zero-order chi connectivity index (χ0) is 11.7. The van der Waals surface area contributed by atoms with E-state index in [1.54, 1.807) is 24.8 Å². The van der Waals surface area contributed by atoms with Gasteiger partial charge in [-0.3, -0.25) is 4.99 Å². The first-order valence-corrected chi connectivity index (χ1v) is 9.35. The minimum atomic E-state index is -1.95. The maximum Gasteiger partial charge on any atom is 0.211 e. The molecule has 0 aliphatic carbocycles. The summed E-state index contributed by atoms with van der Waals surface area (Å²) in [6.45, 7) is 7.23. The number of unbranched alkanes of at least 4 members (excludes halogenated alkanes) is 1. The molecule has 0 aromatic heterocycles. The van der Waals surface area contributed by atoms with Crippen LogP contribution >= 0.6 is 17.0 Å². The van der Waals surface area contributed by atoms with Gasteiger partial charge < -0.3 is 9.61 Å². The fourth-order valence-corrected chi connectivity index (χ4v) is 5.80. The van der Waals surface area contributed by atoms with Gasteiger partial charge in [0.2, 0.25) is 5.62 Å². The Morgan fingerprint density at radius 3 is 2.73 bits per heavy atom. The summed E-state index contributed by atoms with van der Waals surface area (Å²) in [5.41, 5.74) is -1.95. The summed E-state index contributed by atoms with van der Waals surface area (Å²) in [6.07, 6.45) is 3.98. The summed E-state index contributed by atoms with van der Waals surface area (Å²) in [5, 5.41) is 3.58. The summed E-state index contributed by atoms with van der Waals surface area (Å²) < 4.78 is 5.34. The van der Waals surface area contributed by atoms with Crippen molar-refractivity contribution in [1.82, 2.24) is 5.09 Å². The van der Waals surface area contributed by atoms with E-state index in [0.717, 1.165) is 19.4 Å². The van der Waals surface area contributed by atoms with E-state index in [2.05, 4.69) is 30.9 Å². The van der Waals surface area contributed by atoms with Crippen LogP contribution < -0.4 is 5.09 Å². The number of hydrogen-bond acceptors (Lipinski definition) is 4. The average molecular weight is 268 g/mol. The minimum Gasteiger partial charge on any atom is -0.330 e. The molecule has 90 valence electrons. The Kier molecular flexibility index (Phi) is 8.81. The lowest BCUT2D eigenvalue weighted by molar-refractivity contribution is 0.467. The normalized spacial score (nSPS) is 15.8. The number of aliphatic imine (C=N–C) groups is 1. The maximum absolute atomic E-state index is 5.41. The first-order chi connectivity index (χ1) is 7.04. The minimum absolute atomic E-state index is 0.465. The molecule has 0 saturated heterocycles. The lowest BCUT2D eigenvalue weighted by Crippen LogP contribution is -2.08. The van der Waals surface area contributed by atoms with Crippen LogP contribution in [-0.2, 0) is 16.3 Å². The Hall–Kier alpha value is 0.430. The number of hydrogen-bond donors (Lipinski definition) is 1. The van der Waals surface area contributed by atoms with Crippen molar-refractivity contribution >= 4 is 35.1 Å². The fraction of sp³-hybridized carbons (Fsp3) is 0.889. The van der Waals surface area contributed by atoms with Crippen molar-refractivity contribution in [2.45, 2.75) is 38.9 Å². The van der Waals surface area contributed by atoms with Crippen LogP contribution in [0.5, 0.6) is 0 Å². The number of nitrogens with one attached hydrogen (secondary N) is 1. The second kappa shape index (κ2) is 8.57. The van der Waals surface area contributed by atoms with Gasteiger partial charge in [-0.15, -0.1) is 0 Å². The molecule has 0 aliphatic heterocycles. The fourth-order valence-electron chi connectivity index (χ4n) is 0.829. The van der Waals surface area contributed by atoms with Gasteiger partial charge in [0.15, 0.2) is 0 Å². The molecular formula is C9H21N2OPS2. The monoisotopic (exact) mass is 268 g/mol. The van der Waals surface area contributed by atoms with E-state index in [-0.39, 0.29) is 0 Å². The smallest absolute Gasteiger partial charge is 0.211 e. The SMILES string of the molecule is CCCCN=CNP(=S)(OC)SC(C)C. The molecule has 3 nitrogen and oxygen atoms in total. The third kappa shape index (κ3) is 8.26. The Balaban J connectivity index is 3.98. The molecule has 6 heteroatoms. The van der Waals surface area contributed by atoms with Gasteiger partial charge in [0.25, 0.3) is 0 Å². The molecule has 1 unspecified atom stereocenters. The third-order valence-corrected chi connectivity index (χ3v) is 7.55. The second-order valence-electron chi connectivity index (χ2n) is 3.35. The molecule has 0 rings (SSSR count). The Labute approximate surface area is 102 Å². The predicted molar refractivity (Wildman–Crippen MR) is 75.4 cm³/mol. The van der Waals surface area contributed by atoms with Gasteiger partial charge in [-0.25, -0.2) is 0 Å². The van der Waals surface area contributed by atoms with Crippen molar-refractivity contribution in [3.05, 3.63) is 0 Å². The topological polar surface area (TPSA) is 33.6 Å². The summed E-state index contributed by atoms with van der Waals surface area (Å²) in [5.74, 6) is 0. The lowest BCUT2D eigenvalue weighted by atomic mass is 10.3. The van der Waals surface area contributed by atoms with E-state index in [1.807, 2.05) is 0 Å². The summed E-state index contributed by atoms with van der Waals surface area (Å²) >= 11 is 7.07. The van der Waals surface area contributed by atoms with E-state index < -0.39 is 5.62 Å². The van der Waals surface area contributed by atoms with Gasteiger partial charge in [-0.1, -0.05) is 38.6 Å². The highest BCUT2D eigenvalue weighted by atomic mass is 32.9. The van der Waals surface area contributed by atoms with Crippen molar-refractivity contribution in [1.29, 1.82) is 0 Å². The van der Waals surface area contributed by atoms with E-state index in [4.69, 9.17) is 16.3 Å². The second-order valence-corrected chi connectivity index (χ2v) is 10.5. The molecule has 0 aromatic rings. The highest BCUT2D eigenvalue weighted by Gasteiger charge is 2.16. The molecule has 1 atom stereocenters. The van der Waals surface area contributed by atoms with Gasteiger partial charge in [-0.2, -0.15) is 0 Å². The van der Waals surface area contributed by atoms with Gasteiger partial charge in [0, 0.05) is 18.9 Å². The van der Waals surface area contributed by atoms with Crippen LogP contribution in [0.25, 0.3) is 0 Å². The van der Waals surface area contributed by atoms with E-state index in [1.165, 1.54) is 0 Å². The molecule has 0 aliphatic rings. The highest BCUT2D eigenvalue weighted by molar-refractivity contribution is 8.69. The molecule has 0 heterocycles. The molecular weight excluding hydrogens is 247 g/mol. The van der Waals surface area contributed by atoms with E-state index in [0.29, 0.717) is 5.25 Å². The van der Waals surface area contributed by atoms with E-state index >= 15 is 0 Å². The summed E-state index contributed by atoms with van der Waals surface area (Å²) in [6, 6.07) is 0. The number of rotatable bonds is 8. The van der Waals surface area contributed by atoms with Crippen LogP contribution in [0.2, 0.25) is 0 Å². The van der Waals surface area contributed by atoms with Crippen molar-refractivity contribution in [3.8, 4) is 0 Å². The Morgan fingerprint density at radius 2 is 2.27 bits per heavy atom. The van der Waals surface area contributed by atoms with E-state index in [9.17, 15) is 0 Å². The van der Waals surface area contributed by atoms with Gasteiger partial charge >= 0.3 is 0 Å². The van der Waals surface area contributed by atoms with Crippen molar-refractivity contribution in [3.63, 3.8) is 0 Å².